The summed E-state index contributed by atoms with van der Waals surface area (Å²) in [4.78, 5) is 24.0. The normalized spacial score (nSPS) is 29.5. The molecule has 3 fully saturated rings. The fourth-order valence-electron chi connectivity index (χ4n) is 6.27. The Morgan fingerprint density at radius 3 is 2.67 bits per heavy atom. The molecule has 5 heterocycles. The van der Waals surface area contributed by atoms with E-state index in [1.807, 2.05) is 0 Å². The second kappa shape index (κ2) is 8.74. The molecule has 2 aromatic heterocycles. The number of fused-ring (bicyclic) bond motifs is 2. The Morgan fingerprint density at radius 1 is 1.12 bits per heavy atom. The van der Waals surface area contributed by atoms with E-state index in [4.69, 9.17) is 21.6 Å². The van der Waals surface area contributed by atoms with Gasteiger partial charge in [-0.3, -0.25) is 4.21 Å². The average molecular weight is 489 g/mol. The number of nitrogens with zero attached hydrogens (tertiary/aromatic N) is 6. The van der Waals surface area contributed by atoms with E-state index in [0.29, 0.717) is 28.5 Å². The SMILES string of the molecule is O=S1CCc2nc(N3CCC(c4ncc(Cl)cn4)CC3)nc(N3CC4CCCC4C3CO)c21. The van der Waals surface area contributed by atoms with E-state index in [-0.39, 0.29) is 12.6 Å². The zero-order valence-corrected chi connectivity index (χ0v) is 20.1. The van der Waals surface area contributed by atoms with Crippen molar-refractivity contribution < 1.29 is 9.32 Å². The molecule has 176 valence electrons. The lowest BCUT2D eigenvalue weighted by atomic mass is 9.94. The molecular formula is C23H29ClN6O2S. The molecule has 8 nitrogen and oxygen atoms in total. The summed E-state index contributed by atoms with van der Waals surface area (Å²) >= 11 is 5.94. The van der Waals surface area contributed by atoms with Gasteiger partial charge in [-0.2, -0.15) is 4.98 Å². The van der Waals surface area contributed by atoms with E-state index in [0.717, 1.165) is 73.5 Å². The zero-order chi connectivity index (χ0) is 22.5. The molecule has 0 aromatic carbocycles. The van der Waals surface area contributed by atoms with E-state index in [2.05, 4.69) is 19.8 Å². The summed E-state index contributed by atoms with van der Waals surface area (Å²) in [6, 6.07) is 0.0646. The van der Waals surface area contributed by atoms with Crippen LogP contribution in [-0.4, -0.2) is 67.3 Å². The minimum Gasteiger partial charge on any atom is -0.394 e. The van der Waals surface area contributed by atoms with Gasteiger partial charge >= 0.3 is 0 Å². The summed E-state index contributed by atoms with van der Waals surface area (Å²) in [5.41, 5.74) is 0.922. The minimum atomic E-state index is -1.07. The summed E-state index contributed by atoms with van der Waals surface area (Å²) < 4.78 is 12.9. The Kier molecular flexibility index (Phi) is 5.74. The van der Waals surface area contributed by atoms with Crippen molar-refractivity contribution in [2.45, 2.75) is 55.4 Å². The quantitative estimate of drug-likeness (QED) is 0.701. The molecule has 1 saturated carbocycles. The lowest BCUT2D eigenvalue weighted by Crippen LogP contribution is -2.38. The number of hydrogen-bond donors (Lipinski definition) is 1. The Hall–Kier alpha value is -1.84. The smallest absolute Gasteiger partial charge is 0.227 e. The Bertz CT molecular complexity index is 1060. The Labute approximate surface area is 201 Å². The van der Waals surface area contributed by atoms with Crippen molar-refractivity contribution in [3.05, 3.63) is 28.9 Å². The topological polar surface area (TPSA) is 95.3 Å². The maximum Gasteiger partial charge on any atom is 0.227 e. The Morgan fingerprint density at radius 2 is 1.91 bits per heavy atom. The average Bonchev–Trinajstić information content (AvgIpc) is 3.54. The molecule has 6 rings (SSSR count). The molecule has 2 aromatic rings. The van der Waals surface area contributed by atoms with Gasteiger partial charge in [-0.15, -0.1) is 0 Å². The molecule has 1 aliphatic carbocycles. The van der Waals surface area contributed by atoms with Crippen LogP contribution in [0.15, 0.2) is 17.3 Å². The number of aliphatic hydroxyl groups is 1. The van der Waals surface area contributed by atoms with Crippen LogP contribution in [0, 0.1) is 11.8 Å². The predicted octanol–water partition coefficient (Wildman–Crippen LogP) is 2.56. The first-order chi connectivity index (χ1) is 16.1. The summed E-state index contributed by atoms with van der Waals surface area (Å²) in [5.74, 6) is 4.40. The second-order valence-electron chi connectivity index (χ2n) is 9.70. The van der Waals surface area contributed by atoms with Gasteiger partial charge in [-0.05, 0) is 37.5 Å². The van der Waals surface area contributed by atoms with Gasteiger partial charge in [0.15, 0.2) is 5.82 Å². The van der Waals surface area contributed by atoms with Gasteiger partial charge in [0, 0.05) is 50.1 Å². The standard InChI is InChI=1S/C23H29ClN6O2S/c24-16-10-25-21(26-11-16)14-4-7-29(8-5-14)23-27-18-6-9-33(32)20(18)22(28-23)30-12-15-2-1-3-17(15)19(30)13-31/h10-11,14-15,17,19,31H,1-9,12-13H2. The fourth-order valence-corrected chi connectivity index (χ4v) is 7.72. The van der Waals surface area contributed by atoms with Gasteiger partial charge in [0.25, 0.3) is 0 Å². The lowest BCUT2D eigenvalue weighted by Gasteiger charge is -2.33. The van der Waals surface area contributed by atoms with Gasteiger partial charge in [0.1, 0.15) is 10.7 Å². The number of anilines is 2. The van der Waals surface area contributed by atoms with Gasteiger partial charge in [-0.1, -0.05) is 18.0 Å². The highest BCUT2D eigenvalue weighted by molar-refractivity contribution is 7.85. The van der Waals surface area contributed by atoms with Crippen LogP contribution in [0.25, 0.3) is 0 Å². The number of rotatable bonds is 4. The van der Waals surface area contributed by atoms with Crippen LogP contribution < -0.4 is 9.80 Å². The summed E-state index contributed by atoms with van der Waals surface area (Å²) in [6.07, 6.45) is 9.52. The monoisotopic (exact) mass is 488 g/mol. The first-order valence-corrected chi connectivity index (χ1v) is 13.7. The molecule has 10 heteroatoms. The number of halogens is 1. The predicted molar refractivity (Wildman–Crippen MR) is 127 cm³/mol. The van der Waals surface area contributed by atoms with Gasteiger partial charge in [0.05, 0.1) is 34.2 Å². The molecule has 33 heavy (non-hydrogen) atoms. The van der Waals surface area contributed by atoms with Crippen molar-refractivity contribution in [1.29, 1.82) is 0 Å². The van der Waals surface area contributed by atoms with Gasteiger partial charge in [0.2, 0.25) is 5.95 Å². The molecule has 0 radical (unpaired) electrons. The molecule has 4 unspecified atom stereocenters. The first-order valence-electron chi connectivity index (χ1n) is 12.0. The second-order valence-corrected chi connectivity index (χ2v) is 11.6. The number of aryl methyl sites for hydroxylation is 1. The number of piperidine rings is 1. The van der Waals surface area contributed by atoms with Crippen LogP contribution >= 0.6 is 11.6 Å². The molecule has 2 saturated heterocycles. The molecule has 0 amide bonds. The molecule has 1 N–H and O–H groups in total. The number of hydrogen-bond acceptors (Lipinski definition) is 8. The molecular weight excluding hydrogens is 460 g/mol. The van der Waals surface area contributed by atoms with Gasteiger partial charge in [-0.25, -0.2) is 15.0 Å². The van der Waals surface area contributed by atoms with Crippen LogP contribution in [0.1, 0.15) is 49.5 Å². The highest BCUT2D eigenvalue weighted by Gasteiger charge is 2.46. The van der Waals surface area contributed by atoms with Crippen molar-refractivity contribution in [3.63, 3.8) is 0 Å². The highest BCUT2D eigenvalue weighted by atomic mass is 35.5. The number of aliphatic hydroxyl groups excluding tert-OH is 1. The van der Waals surface area contributed by atoms with Crippen LogP contribution in [0.3, 0.4) is 0 Å². The lowest BCUT2D eigenvalue weighted by molar-refractivity contribution is 0.232. The largest absolute Gasteiger partial charge is 0.394 e. The van der Waals surface area contributed by atoms with Crippen LogP contribution in [0.5, 0.6) is 0 Å². The van der Waals surface area contributed by atoms with Crippen LogP contribution in [0.4, 0.5) is 11.8 Å². The third-order valence-corrected chi connectivity index (χ3v) is 9.59. The van der Waals surface area contributed by atoms with Crippen molar-refractivity contribution in [1.82, 2.24) is 19.9 Å². The van der Waals surface area contributed by atoms with Crippen molar-refractivity contribution >= 4 is 34.2 Å². The van der Waals surface area contributed by atoms with E-state index in [1.165, 1.54) is 12.8 Å². The summed E-state index contributed by atoms with van der Waals surface area (Å²) in [6.45, 7) is 2.67. The van der Waals surface area contributed by atoms with E-state index >= 15 is 0 Å². The van der Waals surface area contributed by atoms with E-state index < -0.39 is 10.8 Å². The molecule has 4 aliphatic rings. The van der Waals surface area contributed by atoms with Crippen LogP contribution in [-0.2, 0) is 17.2 Å². The molecule has 3 aliphatic heterocycles. The van der Waals surface area contributed by atoms with E-state index in [9.17, 15) is 9.32 Å². The van der Waals surface area contributed by atoms with Crippen molar-refractivity contribution in [2.24, 2.45) is 11.8 Å². The molecule has 0 bridgehead atoms. The first kappa shape index (κ1) is 21.7. The maximum atomic E-state index is 12.9. The van der Waals surface area contributed by atoms with Crippen molar-refractivity contribution in [2.75, 3.05) is 41.8 Å². The maximum absolute atomic E-state index is 12.9. The molecule has 4 atom stereocenters. The number of aromatic nitrogens is 4. The molecule has 0 spiro atoms. The van der Waals surface area contributed by atoms with Gasteiger partial charge < -0.3 is 14.9 Å². The third-order valence-electron chi connectivity index (χ3n) is 7.94. The summed E-state index contributed by atoms with van der Waals surface area (Å²) in [7, 11) is -1.07. The summed E-state index contributed by atoms with van der Waals surface area (Å²) in [5, 5.41) is 10.8. The third kappa shape index (κ3) is 3.82. The highest BCUT2D eigenvalue weighted by Crippen LogP contribution is 2.45. The zero-order valence-electron chi connectivity index (χ0n) is 18.6. The van der Waals surface area contributed by atoms with E-state index in [1.54, 1.807) is 12.4 Å². The fraction of sp³-hybridized carbons (Fsp3) is 0.652. The Balaban J connectivity index is 1.28. The van der Waals surface area contributed by atoms with Crippen LogP contribution in [0.2, 0.25) is 5.02 Å². The van der Waals surface area contributed by atoms with Crippen molar-refractivity contribution in [3.8, 4) is 0 Å². The minimum absolute atomic E-state index is 0.0646.